The molecular formula is C34H36FN5O4S. The standard InChI is InChI=1S/C34H36FN5O4S/c35-23-17-15-22(16-18-23)30(33(42)37-20-25-12-7-19-44-25)40(27-14-6-9-21-8-4-5-13-26(21)27)34(43)31-28(36)29(39-45-31)32(41)38-24-10-2-1-3-11-24/h4-6,8-9,13-18,24-25,30H,1-3,7,10-12,19-20,36H2,(H,37,42)(H,38,41). The zero-order valence-electron chi connectivity index (χ0n) is 24.8. The Kier molecular flexibility index (Phi) is 9.37. The molecule has 11 heteroatoms. The van der Waals surface area contributed by atoms with Crippen LogP contribution in [-0.2, 0) is 9.53 Å². The monoisotopic (exact) mass is 629 g/mol. The Labute approximate surface area is 265 Å². The van der Waals surface area contributed by atoms with E-state index < -0.39 is 29.6 Å². The van der Waals surface area contributed by atoms with Crippen molar-refractivity contribution in [3.05, 3.63) is 88.7 Å². The molecule has 1 aromatic heterocycles. The summed E-state index contributed by atoms with van der Waals surface area (Å²) in [5.74, 6) is -1.95. The van der Waals surface area contributed by atoms with Gasteiger partial charge in [0.05, 0.1) is 17.5 Å². The van der Waals surface area contributed by atoms with Crippen LogP contribution in [0.25, 0.3) is 10.8 Å². The molecule has 9 nitrogen and oxygen atoms in total. The number of rotatable bonds is 9. The number of nitrogens with one attached hydrogen (secondary N) is 2. The number of halogens is 1. The molecule has 4 N–H and O–H groups in total. The molecule has 2 fully saturated rings. The van der Waals surface area contributed by atoms with Crippen molar-refractivity contribution in [3.63, 3.8) is 0 Å². The Hall–Kier alpha value is -4.35. The SMILES string of the molecule is Nc1c(C(=O)NC2CCCCC2)nsc1C(=O)N(c1cccc2ccccc12)C(C(=O)NCC1CCCO1)c1ccc(F)cc1. The van der Waals surface area contributed by atoms with Gasteiger partial charge in [0.15, 0.2) is 5.69 Å². The molecule has 3 amide bonds. The second-order valence-electron chi connectivity index (χ2n) is 11.6. The van der Waals surface area contributed by atoms with Gasteiger partial charge in [-0.05, 0) is 66.4 Å². The molecular weight excluding hydrogens is 593 g/mol. The van der Waals surface area contributed by atoms with Crippen molar-refractivity contribution in [1.29, 1.82) is 0 Å². The van der Waals surface area contributed by atoms with Crippen molar-refractivity contribution in [2.45, 2.75) is 63.1 Å². The lowest BCUT2D eigenvalue weighted by Gasteiger charge is -2.32. The Balaban J connectivity index is 1.42. The summed E-state index contributed by atoms with van der Waals surface area (Å²) in [6, 6.07) is 17.4. The summed E-state index contributed by atoms with van der Waals surface area (Å²) < 4.78 is 24.1. The second kappa shape index (κ2) is 13.7. The fourth-order valence-electron chi connectivity index (χ4n) is 6.19. The van der Waals surface area contributed by atoms with Crippen LogP contribution in [0.15, 0.2) is 66.7 Å². The number of nitrogens with two attached hydrogens (primary N) is 1. The highest BCUT2D eigenvalue weighted by Crippen LogP contribution is 2.37. The van der Waals surface area contributed by atoms with Crippen molar-refractivity contribution in [3.8, 4) is 0 Å². The predicted octanol–water partition coefficient (Wildman–Crippen LogP) is 5.76. The average Bonchev–Trinajstić information content (AvgIpc) is 3.73. The number of hydrogen-bond donors (Lipinski definition) is 3. The predicted molar refractivity (Wildman–Crippen MR) is 173 cm³/mol. The van der Waals surface area contributed by atoms with Gasteiger partial charge in [-0.25, -0.2) is 4.39 Å². The number of anilines is 2. The molecule has 3 aromatic carbocycles. The van der Waals surface area contributed by atoms with Gasteiger partial charge in [0.1, 0.15) is 16.7 Å². The van der Waals surface area contributed by atoms with E-state index in [1.807, 2.05) is 36.4 Å². The number of fused-ring (bicyclic) bond motifs is 1. The van der Waals surface area contributed by atoms with Gasteiger partial charge in [-0.3, -0.25) is 19.3 Å². The molecule has 45 heavy (non-hydrogen) atoms. The number of carbonyl (C=O) groups excluding carboxylic acids is 3. The van der Waals surface area contributed by atoms with E-state index >= 15 is 0 Å². The Morgan fingerprint density at radius 3 is 2.49 bits per heavy atom. The van der Waals surface area contributed by atoms with Crippen LogP contribution in [0.5, 0.6) is 0 Å². The van der Waals surface area contributed by atoms with Crippen molar-refractivity contribution in [2.24, 2.45) is 0 Å². The summed E-state index contributed by atoms with van der Waals surface area (Å²) in [7, 11) is 0. The third-order valence-corrected chi connectivity index (χ3v) is 9.39. The number of nitrogens with zero attached hydrogens (tertiary/aromatic N) is 2. The quantitative estimate of drug-likeness (QED) is 0.216. The van der Waals surface area contributed by atoms with Crippen molar-refractivity contribution >= 4 is 51.4 Å². The normalized spacial score (nSPS) is 17.6. The molecule has 0 radical (unpaired) electrons. The van der Waals surface area contributed by atoms with E-state index in [2.05, 4.69) is 15.0 Å². The fourth-order valence-corrected chi connectivity index (χ4v) is 6.92. The highest BCUT2D eigenvalue weighted by Gasteiger charge is 2.37. The van der Waals surface area contributed by atoms with E-state index in [0.29, 0.717) is 17.9 Å². The number of benzene rings is 3. The molecule has 2 heterocycles. The Bertz CT molecular complexity index is 1680. The molecule has 2 atom stereocenters. The number of carbonyl (C=O) groups is 3. The Morgan fingerprint density at radius 1 is 0.978 bits per heavy atom. The van der Waals surface area contributed by atoms with Crippen LogP contribution in [0.2, 0.25) is 0 Å². The third-order valence-electron chi connectivity index (χ3n) is 8.54. The van der Waals surface area contributed by atoms with Gasteiger partial charge >= 0.3 is 0 Å². The second-order valence-corrected chi connectivity index (χ2v) is 12.4. The van der Waals surface area contributed by atoms with Gasteiger partial charge in [-0.2, -0.15) is 4.37 Å². The smallest absolute Gasteiger partial charge is 0.273 e. The summed E-state index contributed by atoms with van der Waals surface area (Å²) in [6.07, 6.45) is 6.59. The lowest BCUT2D eigenvalue weighted by atomic mass is 9.95. The van der Waals surface area contributed by atoms with Crippen LogP contribution < -0.4 is 21.3 Å². The van der Waals surface area contributed by atoms with Gasteiger partial charge < -0.3 is 21.1 Å². The Morgan fingerprint density at radius 2 is 1.73 bits per heavy atom. The van der Waals surface area contributed by atoms with Crippen LogP contribution in [0, 0.1) is 5.82 Å². The third kappa shape index (κ3) is 6.69. The maximum absolute atomic E-state index is 14.7. The number of aromatic nitrogens is 1. The maximum atomic E-state index is 14.7. The van der Waals surface area contributed by atoms with Gasteiger partial charge in [0, 0.05) is 24.6 Å². The van der Waals surface area contributed by atoms with Crippen LogP contribution in [0.3, 0.4) is 0 Å². The number of hydrogen-bond acceptors (Lipinski definition) is 7. The summed E-state index contributed by atoms with van der Waals surface area (Å²) >= 11 is 0.825. The molecule has 1 aliphatic heterocycles. The molecule has 6 rings (SSSR count). The lowest BCUT2D eigenvalue weighted by Crippen LogP contribution is -2.45. The summed E-state index contributed by atoms with van der Waals surface area (Å²) in [6.45, 7) is 0.895. The van der Waals surface area contributed by atoms with Gasteiger partial charge in [0.2, 0.25) is 5.91 Å². The maximum Gasteiger partial charge on any atom is 0.273 e. The van der Waals surface area contributed by atoms with Gasteiger partial charge in [-0.1, -0.05) is 67.8 Å². The van der Waals surface area contributed by atoms with Crippen molar-refractivity contribution in [2.75, 3.05) is 23.8 Å². The van der Waals surface area contributed by atoms with E-state index in [1.165, 1.54) is 29.2 Å². The molecule has 234 valence electrons. The average molecular weight is 630 g/mol. The molecule has 2 unspecified atom stereocenters. The minimum absolute atomic E-state index is 0.00652. The molecule has 0 spiro atoms. The van der Waals surface area contributed by atoms with Crippen LogP contribution in [0.4, 0.5) is 15.8 Å². The summed E-state index contributed by atoms with van der Waals surface area (Å²) in [5, 5.41) is 7.57. The minimum atomic E-state index is -1.20. The van der Waals surface area contributed by atoms with Crippen LogP contribution in [0.1, 0.15) is 76.7 Å². The van der Waals surface area contributed by atoms with Crippen LogP contribution in [-0.4, -0.2) is 47.4 Å². The molecule has 4 aromatic rings. The first-order valence-electron chi connectivity index (χ1n) is 15.4. The summed E-state index contributed by atoms with van der Waals surface area (Å²) in [5.41, 5.74) is 7.30. The zero-order chi connectivity index (χ0) is 31.3. The van der Waals surface area contributed by atoms with Gasteiger partial charge in [-0.15, -0.1) is 0 Å². The number of ether oxygens (including phenoxy) is 1. The molecule has 1 saturated carbocycles. The topological polar surface area (TPSA) is 127 Å². The van der Waals surface area contributed by atoms with E-state index in [9.17, 15) is 18.8 Å². The van der Waals surface area contributed by atoms with Gasteiger partial charge in [0.25, 0.3) is 11.8 Å². The van der Waals surface area contributed by atoms with Crippen molar-refractivity contribution < 1.29 is 23.5 Å². The van der Waals surface area contributed by atoms with E-state index in [4.69, 9.17) is 10.5 Å². The highest BCUT2D eigenvalue weighted by molar-refractivity contribution is 7.09. The van der Waals surface area contributed by atoms with E-state index in [1.54, 1.807) is 6.07 Å². The van der Waals surface area contributed by atoms with Crippen molar-refractivity contribution in [1.82, 2.24) is 15.0 Å². The highest BCUT2D eigenvalue weighted by atomic mass is 32.1. The van der Waals surface area contributed by atoms with E-state index in [-0.39, 0.29) is 34.9 Å². The fraction of sp³-hybridized carbons (Fsp3) is 0.353. The molecule has 1 aliphatic carbocycles. The zero-order valence-corrected chi connectivity index (χ0v) is 25.7. The molecule has 2 aliphatic rings. The number of nitrogen functional groups attached to an aromatic ring is 1. The minimum Gasteiger partial charge on any atom is -0.395 e. The largest absolute Gasteiger partial charge is 0.395 e. The summed E-state index contributed by atoms with van der Waals surface area (Å²) in [4.78, 5) is 43.4. The molecule has 0 bridgehead atoms. The number of amides is 3. The van der Waals surface area contributed by atoms with Crippen LogP contribution >= 0.6 is 11.5 Å². The first kappa shape index (κ1) is 30.7. The van der Waals surface area contributed by atoms with E-state index in [0.717, 1.165) is 67.3 Å². The first-order valence-corrected chi connectivity index (χ1v) is 16.2. The first-order chi connectivity index (χ1) is 21.9. The molecule has 1 saturated heterocycles. The lowest BCUT2D eigenvalue weighted by molar-refractivity contribution is -0.123.